The van der Waals surface area contributed by atoms with Crippen LogP contribution in [0.5, 0.6) is 0 Å². The average Bonchev–Trinajstić information content (AvgIpc) is 2.95. The summed E-state index contributed by atoms with van der Waals surface area (Å²) in [4.78, 5) is 14.0. The molecular formula is C16H21F3N2O. The molecule has 0 saturated carbocycles. The first kappa shape index (κ1) is 16.8. The largest absolute Gasteiger partial charge is 0.416 e. The fourth-order valence-corrected chi connectivity index (χ4v) is 2.78. The van der Waals surface area contributed by atoms with Crippen molar-refractivity contribution in [2.45, 2.75) is 31.9 Å². The minimum Gasteiger partial charge on any atom is -0.342 e. The number of nitrogens with two attached hydrogens (primary N) is 1. The predicted octanol–water partition coefficient (Wildman–Crippen LogP) is 3.01. The molecule has 6 heteroatoms. The van der Waals surface area contributed by atoms with Crippen LogP contribution in [-0.4, -0.2) is 30.4 Å². The van der Waals surface area contributed by atoms with Crippen molar-refractivity contribution in [2.75, 3.05) is 19.6 Å². The van der Waals surface area contributed by atoms with Gasteiger partial charge in [0.1, 0.15) is 0 Å². The van der Waals surface area contributed by atoms with Crippen molar-refractivity contribution in [3.05, 3.63) is 35.4 Å². The Bertz CT molecular complexity index is 530. The van der Waals surface area contributed by atoms with Gasteiger partial charge in [-0.25, -0.2) is 0 Å². The van der Waals surface area contributed by atoms with Gasteiger partial charge in [0.25, 0.3) is 0 Å². The van der Waals surface area contributed by atoms with Gasteiger partial charge in [0.15, 0.2) is 0 Å². The highest BCUT2D eigenvalue weighted by Gasteiger charge is 2.31. The van der Waals surface area contributed by atoms with Crippen LogP contribution in [0, 0.1) is 5.92 Å². The van der Waals surface area contributed by atoms with Gasteiger partial charge in [-0.2, -0.15) is 13.2 Å². The van der Waals surface area contributed by atoms with Crippen LogP contribution in [0.1, 0.15) is 36.8 Å². The second-order valence-electron chi connectivity index (χ2n) is 5.96. The predicted molar refractivity (Wildman–Crippen MR) is 78.2 cm³/mol. The third kappa shape index (κ3) is 4.00. The van der Waals surface area contributed by atoms with E-state index in [9.17, 15) is 18.0 Å². The number of halogens is 3. The van der Waals surface area contributed by atoms with E-state index in [0.29, 0.717) is 31.1 Å². The van der Waals surface area contributed by atoms with Crippen LogP contribution >= 0.6 is 0 Å². The summed E-state index contributed by atoms with van der Waals surface area (Å²) in [6.45, 7) is 3.69. The number of rotatable bonds is 4. The molecule has 1 amide bonds. The lowest BCUT2D eigenvalue weighted by Gasteiger charge is -2.20. The minimum atomic E-state index is -4.36. The summed E-state index contributed by atoms with van der Waals surface area (Å²) in [7, 11) is 0. The van der Waals surface area contributed by atoms with Gasteiger partial charge in [-0.1, -0.05) is 25.1 Å². The topological polar surface area (TPSA) is 46.3 Å². The second kappa shape index (κ2) is 6.69. The van der Waals surface area contributed by atoms with Gasteiger partial charge >= 0.3 is 6.18 Å². The highest BCUT2D eigenvalue weighted by atomic mass is 19.4. The Hall–Kier alpha value is -1.56. The summed E-state index contributed by atoms with van der Waals surface area (Å²) in [6, 6.07) is 5.20. The molecule has 0 bridgehead atoms. The van der Waals surface area contributed by atoms with Crippen molar-refractivity contribution >= 4 is 5.91 Å². The van der Waals surface area contributed by atoms with E-state index in [1.54, 1.807) is 17.9 Å². The van der Waals surface area contributed by atoms with Crippen molar-refractivity contribution in [2.24, 2.45) is 11.7 Å². The number of alkyl halides is 3. The Morgan fingerprint density at radius 2 is 2.18 bits per heavy atom. The molecule has 0 spiro atoms. The molecule has 1 saturated heterocycles. The molecule has 0 radical (unpaired) electrons. The van der Waals surface area contributed by atoms with Crippen LogP contribution in [0.15, 0.2) is 24.3 Å². The summed E-state index contributed by atoms with van der Waals surface area (Å²) in [5.41, 5.74) is 5.47. The van der Waals surface area contributed by atoms with Gasteiger partial charge in [-0.3, -0.25) is 4.79 Å². The molecule has 0 aliphatic carbocycles. The Labute approximate surface area is 128 Å². The van der Waals surface area contributed by atoms with E-state index >= 15 is 0 Å². The van der Waals surface area contributed by atoms with Crippen molar-refractivity contribution in [3.63, 3.8) is 0 Å². The van der Waals surface area contributed by atoms with Crippen LogP contribution in [0.3, 0.4) is 0 Å². The SMILES string of the molecule is CC(CC(=O)N1CCC(CN)C1)c1cccc(C(F)(F)F)c1. The molecule has 2 N–H and O–H groups in total. The maximum absolute atomic E-state index is 12.7. The van der Waals surface area contributed by atoms with Gasteiger partial charge in [0.05, 0.1) is 5.56 Å². The van der Waals surface area contributed by atoms with Gasteiger partial charge in [-0.05, 0) is 36.4 Å². The molecule has 1 aliphatic heterocycles. The summed E-state index contributed by atoms with van der Waals surface area (Å²) < 4.78 is 38.2. The molecule has 1 aromatic rings. The Morgan fingerprint density at radius 3 is 2.77 bits per heavy atom. The van der Waals surface area contributed by atoms with E-state index in [2.05, 4.69) is 0 Å². The fourth-order valence-electron chi connectivity index (χ4n) is 2.78. The first-order valence-electron chi connectivity index (χ1n) is 7.46. The first-order valence-corrected chi connectivity index (χ1v) is 7.46. The summed E-state index contributed by atoms with van der Waals surface area (Å²) in [5.74, 6) is 0.0837. The van der Waals surface area contributed by atoms with E-state index in [-0.39, 0.29) is 18.2 Å². The van der Waals surface area contributed by atoms with E-state index in [4.69, 9.17) is 5.73 Å². The summed E-state index contributed by atoms with van der Waals surface area (Å²) in [6.07, 6.45) is -3.23. The molecule has 0 aromatic heterocycles. The van der Waals surface area contributed by atoms with Gasteiger partial charge in [0.2, 0.25) is 5.91 Å². The van der Waals surface area contributed by atoms with Crippen LogP contribution in [0.4, 0.5) is 13.2 Å². The molecule has 3 nitrogen and oxygen atoms in total. The zero-order chi connectivity index (χ0) is 16.3. The molecule has 22 heavy (non-hydrogen) atoms. The monoisotopic (exact) mass is 314 g/mol. The normalized spacial score (nSPS) is 20.2. The number of carbonyl (C=O) groups excluding carboxylic acids is 1. The fraction of sp³-hybridized carbons (Fsp3) is 0.562. The third-order valence-corrected chi connectivity index (χ3v) is 4.24. The van der Waals surface area contributed by atoms with Crippen LogP contribution in [-0.2, 0) is 11.0 Å². The molecule has 2 unspecified atom stereocenters. The molecule has 1 heterocycles. The highest BCUT2D eigenvalue weighted by Crippen LogP contribution is 2.32. The molecule has 122 valence electrons. The number of hydrogen-bond acceptors (Lipinski definition) is 2. The quantitative estimate of drug-likeness (QED) is 0.928. The van der Waals surface area contributed by atoms with Gasteiger partial charge in [0, 0.05) is 19.5 Å². The van der Waals surface area contributed by atoms with Crippen molar-refractivity contribution in [1.82, 2.24) is 4.90 Å². The lowest BCUT2D eigenvalue weighted by atomic mass is 9.95. The highest BCUT2D eigenvalue weighted by molar-refractivity contribution is 5.77. The molecule has 1 aromatic carbocycles. The molecule has 2 atom stereocenters. The van der Waals surface area contributed by atoms with Crippen LogP contribution < -0.4 is 5.73 Å². The second-order valence-corrected chi connectivity index (χ2v) is 5.96. The number of hydrogen-bond donors (Lipinski definition) is 1. The Balaban J connectivity index is 2.00. The van der Waals surface area contributed by atoms with E-state index in [0.717, 1.165) is 18.6 Å². The lowest BCUT2D eigenvalue weighted by Crippen LogP contribution is -2.30. The van der Waals surface area contributed by atoms with Crippen molar-refractivity contribution < 1.29 is 18.0 Å². The maximum atomic E-state index is 12.7. The van der Waals surface area contributed by atoms with Crippen LogP contribution in [0.2, 0.25) is 0 Å². The first-order chi connectivity index (χ1) is 10.3. The van der Waals surface area contributed by atoms with Crippen molar-refractivity contribution in [3.8, 4) is 0 Å². The standard InChI is InChI=1S/C16H21F3N2O/c1-11(7-15(22)21-6-5-12(9-20)10-21)13-3-2-4-14(8-13)16(17,18)19/h2-4,8,11-12H,5-7,9-10,20H2,1H3. The Kier molecular flexibility index (Phi) is 5.11. The molecule has 1 aliphatic rings. The number of carbonyl (C=O) groups is 1. The minimum absolute atomic E-state index is 0.0131. The number of benzene rings is 1. The van der Waals surface area contributed by atoms with Crippen molar-refractivity contribution in [1.29, 1.82) is 0 Å². The van der Waals surface area contributed by atoms with E-state index in [1.165, 1.54) is 6.07 Å². The number of amides is 1. The van der Waals surface area contributed by atoms with Gasteiger partial charge in [-0.15, -0.1) is 0 Å². The zero-order valence-corrected chi connectivity index (χ0v) is 12.6. The van der Waals surface area contributed by atoms with Gasteiger partial charge < -0.3 is 10.6 Å². The molecule has 1 fully saturated rings. The maximum Gasteiger partial charge on any atom is 0.416 e. The third-order valence-electron chi connectivity index (χ3n) is 4.24. The smallest absolute Gasteiger partial charge is 0.342 e. The summed E-state index contributed by atoms with van der Waals surface area (Å²) in [5, 5.41) is 0. The van der Waals surface area contributed by atoms with E-state index < -0.39 is 11.7 Å². The molecular weight excluding hydrogens is 293 g/mol. The zero-order valence-electron chi connectivity index (χ0n) is 12.6. The lowest BCUT2D eigenvalue weighted by molar-refractivity contribution is -0.137. The number of nitrogens with zero attached hydrogens (tertiary/aromatic N) is 1. The van der Waals surface area contributed by atoms with Crippen LogP contribution in [0.25, 0.3) is 0 Å². The van der Waals surface area contributed by atoms with E-state index in [1.807, 2.05) is 0 Å². The summed E-state index contributed by atoms with van der Waals surface area (Å²) >= 11 is 0. The molecule has 2 rings (SSSR count). The average molecular weight is 314 g/mol. The number of likely N-dealkylation sites (tertiary alicyclic amines) is 1. The Morgan fingerprint density at radius 1 is 1.45 bits per heavy atom.